The summed E-state index contributed by atoms with van der Waals surface area (Å²) in [5, 5.41) is 4.34. The van der Waals surface area contributed by atoms with Gasteiger partial charge in [-0.15, -0.1) is 0 Å². The molecular formula is C27H25N3O5. The Labute approximate surface area is 203 Å². The fourth-order valence-electron chi connectivity index (χ4n) is 4.23. The molecule has 3 aliphatic rings. The van der Waals surface area contributed by atoms with Crippen molar-refractivity contribution in [3.05, 3.63) is 84.7 Å². The standard InChI is InChI=1S/C27H25N3O5/c1-2-4-11-29(10-3-1)12-5-13-30(17-20-6-8-23-25(14-20)33-18-31-23)27-16-22(28-35-27)21-7-9-24-26(15-21)34-19-32-24/h1-4,6-11,14-16H,5,12-13,17-19H2. The Morgan fingerprint density at radius 2 is 1.49 bits per heavy atom. The molecule has 0 spiro atoms. The summed E-state index contributed by atoms with van der Waals surface area (Å²) in [5.74, 6) is 3.72. The van der Waals surface area contributed by atoms with Crippen LogP contribution in [0.25, 0.3) is 11.3 Å². The molecule has 178 valence electrons. The summed E-state index contributed by atoms with van der Waals surface area (Å²) in [6, 6.07) is 13.8. The van der Waals surface area contributed by atoms with Crippen LogP contribution in [0.2, 0.25) is 0 Å². The first-order valence-electron chi connectivity index (χ1n) is 11.6. The van der Waals surface area contributed by atoms with E-state index in [4.69, 9.17) is 23.5 Å². The second-order valence-corrected chi connectivity index (χ2v) is 8.39. The van der Waals surface area contributed by atoms with Gasteiger partial charge in [-0.3, -0.25) is 0 Å². The lowest BCUT2D eigenvalue weighted by Gasteiger charge is -2.23. The van der Waals surface area contributed by atoms with Crippen molar-refractivity contribution in [2.75, 3.05) is 31.6 Å². The quantitative estimate of drug-likeness (QED) is 0.450. The highest BCUT2D eigenvalue weighted by Gasteiger charge is 2.20. The van der Waals surface area contributed by atoms with Crippen molar-refractivity contribution < 1.29 is 23.5 Å². The second kappa shape index (κ2) is 9.50. The summed E-state index contributed by atoms with van der Waals surface area (Å²) < 4.78 is 27.8. The lowest BCUT2D eigenvalue weighted by molar-refractivity contribution is 0.173. The number of ether oxygens (including phenoxy) is 4. The fraction of sp³-hybridized carbons (Fsp3) is 0.222. The van der Waals surface area contributed by atoms with Crippen LogP contribution in [0.4, 0.5) is 5.88 Å². The number of rotatable bonds is 8. The Hall–Kier alpha value is -4.33. The van der Waals surface area contributed by atoms with Crippen molar-refractivity contribution in [2.24, 2.45) is 0 Å². The molecule has 8 heteroatoms. The van der Waals surface area contributed by atoms with E-state index in [1.54, 1.807) is 0 Å². The van der Waals surface area contributed by atoms with E-state index in [-0.39, 0.29) is 13.6 Å². The van der Waals surface area contributed by atoms with E-state index in [0.29, 0.717) is 12.4 Å². The molecule has 0 aliphatic carbocycles. The molecule has 2 aromatic carbocycles. The zero-order valence-corrected chi connectivity index (χ0v) is 19.1. The summed E-state index contributed by atoms with van der Waals surface area (Å²) in [6.07, 6.45) is 13.2. The minimum absolute atomic E-state index is 0.240. The van der Waals surface area contributed by atoms with Crippen molar-refractivity contribution >= 4 is 5.88 Å². The first kappa shape index (κ1) is 21.2. The van der Waals surface area contributed by atoms with E-state index >= 15 is 0 Å². The van der Waals surface area contributed by atoms with E-state index in [9.17, 15) is 0 Å². The van der Waals surface area contributed by atoms with Gasteiger partial charge >= 0.3 is 0 Å². The van der Waals surface area contributed by atoms with E-state index < -0.39 is 0 Å². The molecule has 3 aliphatic heterocycles. The maximum Gasteiger partial charge on any atom is 0.231 e. The van der Waals surface area contributed by atoms with Gasteiger partial charge in [0.05, 0.1) is 0 Å². The molecule has 0 saturated carbocycles. The molecule has 8 nitrogen and oxygen atoms in total. The second-order valence-electron chi connectivity index (χ2n) is 8.39. The van der Waals surface area contributed by atoms with Gasteiger partial charge in [-0.1, -0.05) is 23.4 Å². The molecule has 0 radical (unpaired) electrons. The van der Waals surface area contributed by atoms with E-state index in [1.165, 1.54) is 0 Å². The van der Waals surface area contributed by atoms with E-state index in [0.717, 1.165) is 59.3 Å². The molecule has 3 aromatic rings. The largest absolute Gasteiger partial charge is 0.454 e. The predicted molar refractivity (Wildman–Crippen MR) is 130 cm³/mol. The van der Waals surface area contributed by atoms with Crippen LogP contribution >= 0.6 is 0 Å². The number of nitrogens with zero attached hydrogens (tertiary/aromatic N) is 3. The SMILES string of the molecule is C1=CC=CN(CCCN(Cc2ccc3c(c2)OCO3)c2cc(-c3ccc4c(c3)OCO4)no2)C=C1. The highest BCUT2D eigenvalue weighted by atomic mass is 16.7. The minimum atomic E-state index is 0.240. The van der Waals surface area contributed by atoms with E-state index in [2.05, 4.69) is 33.4 Å². The van der Waals surface area contributed by atoms with Gasteiger partial charge in [0.25, 0.3) is 0 Å². The number of allylic oxidation sites excluding steroid dienone is 4. The topological polar surface area (TPSA) is 69.4 Å². The van der Waals surface area contributed by atoms with Crippen LogP contribution in [0.1, 0.15) is 12.0 Å². The molecular weight excluding hydrogens is 446 g/mol. The molecule has 0 N–H and O–H groups in total. The van der Waals surface area contributed by atoms with Gasteiger partial charge in [0.1, 0.15) is 5.69 Å². The third kappa shape index (κ3) is 4.68. The zero-order valence-electron chi connectivity index (χ0n) is 19.1. The van der Waals surface area contributed by atoms with Crippen molar-refractivity contribution in [3.63, 3.8) is 0 Å². The Bertz CT molecular complexity index is 1280. The molecule has 6 rings (SSSR count). The number of fused-ring (bicyclic) bond motifs is 2. The average molecular weight is 472 g/mol. The number of hydrogen-bond donors (Lipinski definition) is 0. The van der Waals surface area contributed by atoms with Gasteiger partial charge in [-0.25, -0.2) is 0 Å². The van der Waals surface area contributed by atoms with Crippen LogP contribution in [-0.2, 0) is 6.54 Å². The average Bonchev–Trinajstić information content (AvgIpc) is 3.61. The maximum absolute atomic E-state index is 5.82. The molecule has 0 fully saturated rings. The lowest BCUT2D eigenvalue weighted by Crippen LogP contribution is -2.26. The number of aromatic nitrogens is 1. The molecule has 0 saturated heterocycles. The van der Waals surface area contributed by atoms with Crippen LogP contribution in [-0.4, -0.2) is 36.7 Å². The summed E-state index contributed by atoms with van der Waals surface area (Å²) >= 11 is 0. The number of anilines is 1. The maximum atomic E-state index is 5.82. The van der Waals surface area contributed by atoms with Crippen LogP contribution < -0.4 is 23.8 Å². The third-order valence-corrected chi connectivity index (χ3v) is 6.02. The minimum Gasteiger partial charge on any atom is -0.454 e. The first-order valence-corrected chi connectivity index (χ1v) is 11.6. The van der Waals surface area contributed by atoms with Crippen molar-refractivity contribution in [1.29, 1.82) is 0 Å². The van der Waals surface area contributed by atoms with Gasteiger partial charge in [-0.2, -0.15) is 0 Å². The smallest absolute Gasteiger partial charge is 0.231 e. The Morgan fingerprint density at radius 3 is 2.29 bits per heavy atom. The van der Waals surface area contributed by atoms with Crippen molar-refractivity contribution in [2.45, 2.75) is 13.0 Å². The van der Waals surface area contributed by atoms with Crippen molar-refractivity contribution in [1.82, 2.24) is 10.1 Å². The summed E-state index contributed by atoms with van der Waals surface area (Å²) in [4.78, 5) is 4.38. The fourth-order valence-corrected chi connectivity index (χ4v) is 4.23. The first-order chi connectivity index (χ1) is 17.3. The van der Waals surface area contributed by atoms with Gasteiger partial charge < -0.3 is 33.3 Å². The van der Waals surface area contributed by atoms with Gasteiger partial charge in [0, 0.05) is 43.7 Å². The summed E-state index contributed by atoms with van der Waals surface area (Å²) in [7, 11) is 0. The Balaban J connectivity index is 1.21. The molecule has 0 amide bonds. The highest BCUT2D eigenvalue weighted by Crippen LogP contribution is 2.37. The summed E-state index contributed by atoms with van der Waals surface area (Å²) in [5.41, 5.74) is 2.77. The Kier molecular flexibility index (Phi) is 5.76. The molecule has 0 unspecified atom stereocenters. The van der Waals surface area contributed by atoms with E-state index in [1.807, 2.05) is 60.7 Å². The van der Waals surface area contributed by atoms with Gasteiger partial charge in [0.2, 0.25) is 19.5 Å². The van der Waals surface area contributed by atoms with Crippen LogP contribution in [0.15, 0.2) is 83.7 Å². The third-order valence-electron chi connectivity index (χ3n) is 6.02. The van der Waals surface area contributed by atoms with Crippen molar-refractivity contribution in [3.8, 4) is 34.3 Å². The number of benzene rings is 2. The van der Waals surface area contributed by atoms with Gasteiger partial charge in [0.15, 0.2) is 23.0 Å². The Morgan fingerprint density at radius 1 is 0.771 bits per heavy atom. The molecule has 4 heterocycles. The van der Waals surface area contributed by atoms with Crippen LogP contribution in [0.5, 0.6) is 23.0 Å². The monoisotopic (exact) mass is 471 g/mol. The predicted octanol–water partition coefficient (Wildman–Crippen LogP) is 5.09. The normalized spacial score (nSPS) is 15.0. The molecule has 1 aromatic heterocycles. The molecule has 0 atom stereocenters. The van der Waals surface area contributed by atoms with Gasteiger partial charge in [-0.05, 0) is 54.5 Å². The number of hydrogen-bond acceptors (Lipinski definition) is 8. The molecule has 0 bridgehead atoms. The molecule has 35 heavy (non-hydrogen) atoms. The highest BCUT2D eigenvalue weighted by molar-refractivity contribution is 5.66. The van der Waals surface area contributed by atoms with Crippen LogP contribution in [0, 0.1) is 0 Å². The summed E-state index contributed by atoms with van der Waals surface area (Å²) in [6.45, 7) is 2.82. The lowest BCUT2D eigenvalue weighted by atomic mass is 10.1. The van der Waals surface area contributed by atoms with Crippen LogP contribution in [0.3, 0.4) is 0 Å². The zero-order chi connectivity index (χ0) is 23.5.